The molecular formula is C19H16ClN3O. The number of benzene rings is 1. The number of nitrogens with zero attached hydrogens (tertiary/aromatic N) is 3. The van der Waals surface area contributed by atoms with Crippen LogP contribution in [0.15, 0.2) is 42.6 Å². The third-order valence-corrected chi connectivity index (χ3v) is 5.44. The van der Waals surface area contributed by atoms with E-state index in [4.69, 9.17) is 11.6 Å². The fourth-order valence-corrected chi connectivity index (χ4v) is 4.24. The van der Waals surface area contributed by atoms with Crippen molar-refractivity contribution in [3.05, 3.63) is 53.3 Å². The van der Waals surface area contributed by atoms with Crippen LogP contribution < -0.4 is 0 Å². The second kappa shape index (κ2) is 5.08. The molecule has 1 atom stereocenters. The van der Waals surface area contributed by atoms with Gasteiger partial charge >= 0.3 is 0 Å². The van der Waals surface area contributed by atoms with Gasteiger partial charge in [0.15, 0.2) is 0 Å². The first-order valence-electron chi connectivity index (χ1n) is 8.28. The van der Waals surface area contributed by atoms with E-state index in [-0.39, 0.29) is 5.91 Å². The van der Waals surface area contributed by atoms with E-state index in [0.717, 1.165) is 53.8 Å². The van der Waals surface area contributed by atoms with Crippen LogP contribution in [-0.4, -0.2) is 32.9 Å². The predicted molar refractivity (Wildman–Crippen MR) is 94.2 cm³/mol. The Morgan fingerprint density at radius 1 is 1.17 bits per heavy atom. The molecular weight excluding hydrogens is 322 g/mol. The lowest BCUT2D eigenvalue weighted by atomic mass is 10.0. The van der Waals surface area contributed by atoms with Gasteiger partial charge in [0.2, 0.25) is 0 Å². The van der Waals surface area contributed by atoms with Gasteiger partial charge in [-0.05, 0) is 42.7 Å². The SMILES string of the molecule is O=C1c2c(-c3ccc(Cl)cc3)c3ncccc3n2CC2CCCN12. The largest absolute Gasteiger partial charge is 0.333 e. The molecule has 0 saturated carbocycles. The Hall–Kier alpha value is -2.33. The number of hydrogen-bond donors (Lipinski definition) is 0. The van der Waals surface area contributed by atoms with Crippen molar-refractivity contribution in [1.82, 2.24) is 14.5 Å². The molecule has 4 nitrogen and oxygen atoms in total. The maximum Gasteiger partial charge on any atom is 0.271 e. The van der Waals surface area contributed by atoms with E-state index in [1.165, 1.54) is 0 Å². The molecule has 0 radical (unpaired) electrons. The van der Waals surface area contributed by atoms with Crippen molar-refractivity contribution < 1.29 is 4.79 Å². The maximum absolute atomic E-state index is 13.2. The minimum Gasteiger partial charge on any atom is -0.333 e. The highest BCUT2D eigenvalue weighted by Crippen LogP contribution is 2.39. The molecule has 2 aliphatic heterocycles. The standard InChI is InChI=1S/C19H16ClN3O/c20-13-7-5-12(6-8-13)16-17-15(4-1-9-21-17)23-11-14-3-2-10-22(14)19(24)18(16)23/h1,4-9,14H,2-3,10-11H2. The van der Waals surface area contributed by atoms with Gasteiger partial charge in [0.25, 0.3) is 5.91 Å². The summed E-state index contributed by atoms with van der Waals surface area (Å²) < 4.78 is 2.17. The zero-order valence-electron chi connectivity index (χ0n) is 13.1. The van der Waals surface area contributed by atoms with Crippen molar-refractivity contribution in [3.8, 4) is 11.1 Å². The molecule has 24 heavy (non-hydrogen) atoms. The Labute approximate surface area is 144 Å². The van der Waals surface area contributed by atoms with Crippen molar-refractivity contribution in [1.29, 1.82) is 0 Å². The van der Waals surface area contributed by atoms with Gasteiger partial charge in [0, 0.05) is 29.9 Å². The van der Waals surface area contributed by atoms with Gasteiger partial charge in [0.05, 0.1) is 17.1 Å². The molecule has 0 bridgehead atoms. The summed E-state index contributed by atoms with van der Waals surface area (Å²) in [5.74, 6) is 0.131. The topological polar surface area (TPSA) is 38.1 Å². The fourth-order valence-electron chi connectivity index (χ4n) is 4.12. The van der Waals surface area contributed by atoms with Crippen molar-refractivity contribution in [2.24, 2.45) is 0 Å². The van der Waals surface area contributed by atoms with Crippen molar-refractivity contribution >= 4 is 28.5 Å². The Morgan fingerprint density at radius 3 is 2.83 bits per heavy atom. The van der Waals surface area contributed by atoms with Gasteiger partial charge in [-0.15, -0.1) is 0 Å². The van der Waals surface area contributed by atoms with Crippen LogP contribution in [0.1, 0.15) is 23.3 Å². The monoisotopic (exact) mass is 337 g/mol. The highest BCUT2D eigenvalue weighted by molar-refractivity contribution is 6.30. The smallest absolute Gasteiger partial charge is 0.271 e. The van der Waals surface area contributed by atoms with Crippen LogP contribution in [0.3, 0.4) is 0 Å². The molecule has 1 amide bonds. The summed E-state index contributed by atoms with van der Waals surface area (Å²) in [5.41, 5.74) is 4.62. The van der Waals surface area contributed by atoms with Gasteiger partial charge in [-0.25, -0.2) is 0 Å². The van der Waals surface area contributed by atoms with E-state index in [9.17, 15) is 4.79 Å². The molecule has 0 N–H and O–H groups in total. The van der Waals surface area contributed by atoms with Gasteiger partial charge < -0.3 is 9.47 Å². The second-order valence-electron chi connectivity index (χ2n) is 6.51. The van der Waals surface area contributed by atoms with Crippen molar-refractivity contribution in [2.75, 3.05) is 6.54 Å². The van der Waals surface area contributed by atoms with Crippen LogP contribution in [0.4, 0.5) is 0 Å². The lowest BCUT2D eigenvalue weighted by Crippen LogP contribution is -2.44. The summed E-state index contributed by atoms with van der Waals surface area (Å²) >= 11 is 6.04. The average Bonchev–Trinajstić information content (AvgIpc) is 3.19. The lowest BCUT2D eigenvalue weighted by Gasteiger charge is -2.32. The van der Waals surface area contributed by atoms with Crippen LogP contribution in [0, 0.1) is 0 Å². The van der Waals surface area contributed by atoms with E-state index >= 15 is 0 Å². The van der Waals surface area contributed by atoms with Gasteiger partial charge in [0.1, 0.15) is 5.69 Å². The summed E-state index contributed by atoms with van der Waals surface area (Å²) in [6.07, 6.45) is 3.97. The predicted octanol–water partition coefficient (Wildman–Crippen LogP) is 3.97. The summed E-state index contributed by atoms with van der Waals surface area (Å²) in [6, 6.07) is 12.0. The molecule has 1 fully saturated rings. The van der Waals surface area contributed by atoms with Crippen LogP contribution in [0.5, 0.6) is 0 Å². The highest BCUT2D eigenvalue weighted by Gasteiger charge is 2.39. The van der Waals surface area contributed by atoms with Crippen LogP contribution in [0.2, 0.25) is 5.02 Å². The van der Waals surface area contributed by atoms with E-state index in [1.807, 2.05) is 35.2 Å². The Bertz CT molecular complexity index is 961. The van der Waals surface area contributed by atoms with E-state index in [0.29, 0.717) is 11.1 Å². The number of aromatic nitrogens is 2. The number of amides is 1. The van der Waals surface area contributed by atoms with E-state index < -0.39 is 0 Å². The van der Waals surface area contributed by atoms with Crippen LogP contribution in [0.25, 0.3) is 22.2 Å². The second-order valence-corrected chi connectivity index (χ2v) is 6.94. The fraction of sp³-hybridized carbons (Fsp3) is 0.263. The first kappa shape index (κ1) is 14.1. The van der Waals surface area contributed by atoms with Crippen LogP contribution in [-0.2, 0) is 6.54 Å². The Balaban J connectivity index is 1.83. The maximum atomic E-state index is 13.2. The molecule has 2 aliphatic rings. The zero-order valence-corrected chi connectivity index (χ0v) is 13.8. The first-order chi connectivity index (χ1) is 11.7. The number of carbonyl (C=O) groups excluding carboxylic acids is 1. The van der Waals surface area contributed by atoms with Gasteiger partial charge in [-0.3, -0.25) is 9.78 Å². The van der Waals surface area contributed by atoms with Crippen LogP contribution >= 0.6 is 11.6 Å². The Morgan fingerprint density at radius 2 is 2.00 bits per heavy atom. The lowest BCUT2D eigenvalue weighted by molar-refractivity contribution is 0.0673. The minimum atomic E-state index is 0.131. The minimum absolute atomic E-state index is 0.131. The summed E-state index contributed by atoms with van der Waals surface area (Å²) in [4.78, 5) is 19.8. The molecule has 4 heterocycles. The van der Waals surface area contributed by atoms with E-state index in [1.54, 1.807) is 6.20 Å². The third-order valence-electron chi connectivity index (χ3n) is 5.19. The number of carbonyl (C=O) groups is 1. The average molecular weight is 338 g/mol. The zero-order chi connectivity index (χ0) is 16.3. The molecule has 0 spiro atoms. The molecule has 3 aromatic rings. The van der Waals surface area contributed by atoms with Gasteiger partial charge in [-0.1, -0.05) is 23.7 Å². The summed E-state index contributed by atoms with van der Waals surface area (Å²) in [7, 11) is 0. The first-order valence-corrected chi connectivity index (χ1v) is 8.66. The summed E-state index contributed by atoms with van der Waals surface area (Å²) in [5, 5.41) is 0.690. The van der Waals surface area contributed by atoms with Crippen molar-refractivity contribution in [2.45, 2.75) is 25.4 Å². The van der Waals surface area contributed by atoms with E-state index in [2.05, 4.69) is 15.6 Å². The summed E-state index contributed by atoms with van der Waals surface area (Å²) in [6.45, 7) is 1.72. The normalized spacial score (nSPS) is 19.6. The molecule has 5 heteroatoms. The molecule has 1 aromatic carbocycles. The number of rotatable bonds is 1. The van der Waals surface area contributed by atoms with Crippen molar-refractivity contribution in [3.63, 3.8) is 0 Å². The highest BCUT2D eigenvalue weighted by atomic mass is 35.5. The number of pyridine rings is 1. The molecule has 5 rings (SSSR count). The molecule has 120 valence electrons. The molecule has 1 unspecified atom stereocenters. The number of hydrogen-bond acceptors (Lipinski definition) is 2. The Kier molecular flexibility index (Phi) is 2.98. The third kappa shape index (κ3) is 1.86. The number of halogens is 1. The van der Waals surface area contributed by atoms with Gasteiger partial charge in [-0.2, -0.15) is 0 Å². The molecule has 1 saturated heterocycles. The molecule has 0 aliphatic carbocycles. The number of fused-ring (bicyclic) bond motifs is 4. The quantitative estimate of drug-likeness (QED) is 0.673. The molecule has 2 aromatic heterocycles.